The van der Waals surface area contributed by atoms with Crippen LogP contribution in [0.1, 0.15) is 19.3 Å². The van der Waals surface area contributed by atoms with Crippen molar-refractivity contribution in [2.45, 2.75) is 25.3 Å². The second-order valence-corrected chi connectivity index (χ2v) is 3.01. The van der Waals surface area contributed by atoms with E-state index in [1.165, 1.54) is 19.3 Å². The van der Waals surface area contributed by atoms with Crippen LogP contribution >= 0.6 is 0 Å². The highest BCUT2D eigenvalue weighted by Crippen LogP contribution is 2.37. The van der Waals surface area contributed by atoms with Gasteiger partial charge in [-0.05, 0) is 18.8 Å². The molecule has 0 saturated heterocycles. The molecule has 2 rings (SSSR count). The Balaban J connectivity index is 1.98. The zero-order valence-corrected chi connectivity index (χ0v) is 5.75. The van der Waals surface area contributed by atoms with E-state index in [0.717, 1.165) is 12.0 Å². The molecular formula is C7H12N2. The lowest BCUT2D eigenvalue weighted by atomic mass is 10.1. The van der Waals surface area contributed by atoms with Crippen molar-refractivity contribution in [2.75, 3.05) is 7.05 Å². The smallest absolute Gasteiger partial charge is 0.0545 e. The zero-order chi connectivity index (χ0) is 6.27. The van der Waals surface area contributed by atoms with Crippen LogP contribution < -0.4 is 0 Å². The van der Waals surface area contributed by atoms with Gasteiger partial charge in [0.05, 0.1) is 6.04 Å². The van der Waals surface area contributed by atoms with Crippen molar-refractivity contribution in [1.29, 1.82) is 0 Å². The minimum atomic E-state index is 0.755. The lowest BCUT2D eigenvalue weighted by Crippen LogP contribution is -2.23. The predicted molar refractivity (Wildman–Crippen MR) is 37.4 cm³/mol. The fourth-order valence-electron chi connectivity index (χ4n) is 1.50. The average Bonchev–Trinajstić information content (AvgIpc) is 2.58. The van der Waals surface area contributed by atoms with E-state index in [0.29, 0.717) is 0 Å². The molecule has 1 fully saturated rings. The van der Waals surface area contributed by atoms with Gasteiger partial charge < -0.3 is 0 Å². The summed E-state index contributed by atoms with van der Waals surface area (Å²) >= 11 is 0. The van der Waals surface area contributed by atoms with Crippen LogP contribution in [0, 0.1) is 5.92 Å². The summed E-state index contributed by atoms with van der Waals surface area (Å²) in [5, 5.41) is 6.30. The normalized spacial score (nSPS) is 33.9. The number of hydrogen-bond donors (Lipinski definition) is 0. The molecule has 0 aromatic carbocycles. The number of rotatable bonds is 1. The number of hydrazone groups is 1. The van der Waals surface area contributed by atoms with Crippen molar-refractivity contribution in [3.05, 3.63) is 0 Å². The Labute approximate surface area is 55.5 Å². The minimum Gasteiger partial charge on any atom is -0.297 e. The monoisotopic (exact) mass is 124 g/mol. The van der Waals surface area contributed by atoms with Crippen LogP contribution in [0.5, 0.6) is 0 Å². The predicted octanol–water partition coefficient (Wildman–Crippen LogP) is 1.09. The summed E-state index contributed by atoms with van der Waals surface area (Å²) in [6.45, 7) is 0. The van der Waals surface area contributed by atoms with Gasteiger partial charge in [0.1, 0.15) is 0 Å². The molecule has 1 heterocycles. The standard InChI is InChI=1S/C7H12N2/c1-9-7(4-5-8-9)6-2-3-6/h5-7H,2-4H2,1H3. The maximum absolute atomic E-state index is 4.19. The molecule has 0 aromatic heterocycles. The van der Waals surface area contributed by atoms with Gasteiger partial charge in [-0.2, -0.15) is 5.10 Å². The summed E-state index contributed by atoms with van der Waals surface area (Å²) in [5.74, 6) is 0.970. The molecular weight excluding hydrogens is 112 g/mol. The van der Waals surface area contributed by atoms with Crippen molar-refractivity contribution in [3.8, 4) is 0 Å². The summed E-state index contributed by atoms with van der Waals surface area (Å²) in [4.78, 5) is 0. The molecule has 50 valence electrons. The molecule has 1 unspecified atom stereocenters. The summed E-state index contributed by atoms with van der Waals surface area (Å²) in [6, 6.07) is 0.755. The summed E-state index contributed by atoms with van der Waals surface area (Å²) in [5.41, 5.74) is 0. The molecule has 1 saturated carbocycles. The Morgan fingerprint density at radius 1 is 1.56 bits per heavy atom. The maximum atomic E-state index is 4.19. The molecule has 1 aliphatic carbocycles. The molecule has 0 bridgehead atoms. The van der Waals surface area contributed by atoms with Crippen LogP contribution in [0.4, 0.5) is 0 Å². The van der Waals surface area contributed by atoms with E-state index in [9.17, 15) is 0 Å². The van der Waals surface area contributed by atoms with Crippen molar-refractivity contribution in [1.82, 2.24) is 5.01 Å². The first-order chi connectivity index (χ1) is 4.38. The molecule has 0 aromatic rings. The van der Waals surface area contributed by atoms with Gasteiger partial charge in [0.25, 0.3) is 0 Å². The van der Waals surface area contributed by atoms with Gasteiger partial charge >= 0.3 is 0 Å². The molecule has 1 aliphatic heterocycles. The third-order valence-corrected chi connectivity index (χ3v) is 2.26. The fourth-order valence-corrected chi connectivity index (χ4v) is 1.50. The first-order valence-electron chi connectivity index (χ1n) is 3.63. The van der Waals surface area contributed by atoms with Gasteiger partial charge in [-0.25, -0.2) is 0 Å². The van der Waals surface area contributed by atoms with Gasteiger partial charge in [0.15, 0.2) is 0 Å². The van der Waals surface area contributed by atoms with E-state index in [-0.39, 0.29) is 0 Å². The van der Waals surface area contributed by atoms with Crippen LogP contribution in [-0.2, 0) is 0 Å². The van der Waals surface area contributed by atoms with Crippen LogP contribution in [0.15, 0.2) is 5.10 Å². The fraction of sp³-hybridized carbons (Fsp3) is 0.857. The lowest BCUT2D eigenvalue weighted by molar-refractivity contribution is 0.258. The summed E-state index contributed by atoms with van der Waals surface area (Å²) < 4.78 is 0. The van der Waals surface area contributed by atoms with Gasteiger partial charge in [-0.15, -0.1) is 0 Å². The molecule has 2 heteroatoms. The van der Waals surface area contributed by atoms with Crippen molar-refractivity contribution >= 4 is 6.21 Å². The Morgan fingerprint density at radius 2 is 2.33 bits per heavy atom. The second-order valence-electron chi connectivity index (χ2n) is 3.01. The lowest BCUT2D eigenvalue weighted by Gasteiger charge is -2.17. The van der Waals surface area contributed by atoms with Gasteiger partial charge in [-0.1, -0.05) is 0 Å². The Morgan fingerprint density at radius 3 is 2.78 bits per heavy atom. The third-order valence-electron chi connectivity index (χ3n) is 2.26. The van der Waals surface area contributed by atoms with E-state index in [4.69, 9.17) is 0 Å². The molecule has 0 N–H and O–H groups in total. The van der Waals surface area contributed by atoms with Crippen molar-refractivity contribution in [3.63, 3.8) is 0 Å². The van der Waals surface area contributed by atoms with Crippen LogP contribution in [0.25, 0.3) is 0 Å². The van der Waals surface area contributed by atoms with Crippen LogP contribution in [-0.4, -0.2) is 24.3 Å². The van der Waals surface area contributed by atoms with E-state index >= 15 is 0 Å². The topological polar surface area (TPSA) is 15.6 Å². The van der Waals surface area contributed by atoms with Crippen LogP contribution in [0.3, 0.4) is 0 Å². The Bertz CT molecular complexity index is 138. The minimum absolute atomic E-state index is 0.755. The van der Waals surface area contributed by atoms with Crippen molar-refractivity contribution in [2.24, 2.45) is 11.0 Å². The third kappa shape index (κ3) is 0.824. The number of nitrogens with zero attached hydrogens (tertiary/aromatic N) is 2. The summed E-state index contributed by atoms with van der Waals surface area (Å²) in [7, 11) is 2.08. The molecule has 1 atom stereocenters. The summed E-state index contributed by atoms with van der Waals surface area (Å²) in [6.07, 6.45) is 6.07. The first kappa shape index (κ1) is 5.27. The largest absolute Gasteiger partial charge is 0.297 e. The second kappa shape index (κ2) is 1.72. The van der Waals surface area contributed by atoms with E-state index in [2.05, 4.69) is 17.2 Å². The maximum Gasteiger partial charge on any atom is 0.0545 e. The zero-order valence-electron chi connectivity index (χ0n) is 5.75. The van der Waals surface area contributed by atoms with Gasteiger partial charge in [0, 0.05) is 19.7 Å². The van der Waals surface area contributed by atoms with E-state index in [1.807, 2.05) is 6.21 Å². The molecule has 0 spiro atoms. The molecule has 9 heavy (non-hydrogen) atoms. The van der Waals surface area contributed by atoms with E-state index < -0.39 is 0 Å². The highest BCUT2D eigenvalue weighted by molar-refractivity contribution is 5.60. The Hall–Kier alpha value is -0.530. The first-order valence-corrected chi connectivity index (χ1v) is 3.63. The molecule has 2 nitrogen and oxygen atoms in total. The van der Waals surface area contributed by atoms with Crippen molar-refractivity contribution < 1.29 is 0 Å². The van der Waals surface area contributed by atoms with Crippen LogP contribution in [0.2, 0.25) is 0 Å². The van der Waals surface area contributed by atoms with Gasteiger partial charge in [0.2, 0.25) is 0 Å². The molecule has 0 radical (unpaired) electrons. The highest BCUT2D eigenvalue weighted by Gasteiger charge is 2.34. The molecule has 0 amide bonds. The SMILES string of the molecule is CN1N=CCC1C1CC1. The quantitative estimate of drug-likeness (QED) is 0.511. The molecule has 2 aliphatic rings. The number of hydrogen-bond acceptors (Lipinski definition) is 2. The van der Waals surface area contributed by atoms with E-state index in [1.54, 1.807) is 0 Å². The Kier molecular flexibility index (Phi) is 1.01. The highest BCUT2D eigenvalue weighted by atomic mass is 15.5. The van der Waals surface area contributed by atoms with Gasteiger partial charge in [-0.3, -0.25) is 5.01 Å². The average molecular weight is 124 g/mol.